The number of ketones is 1. The number of hydrogen-bond acceptors (Lipinski definition) is 3. The molecule has 0 spiro atoms. The zero-order valence-electron chi connectivity index (χ0n) is 9.99. The van der Waals surface area contributed by atoms with Crippen LogP contribution in [0.4, 0.5) is 0 Å². The second-order valence-corrected chi connectivity index (χ2v) is 4.61. The maximum atomic E-state index is 12.5. The van der Waals surface area contributed by atoms with Gasteiger partial charge in [0.25, 0.3) is 0 Å². The van der Waals surface area contributed by atoms with E-state index in [0.717, 1.165) is 32.4 Å². The molecule has 1 aromatic heterocycles. The van der Waals surface area contributed by atoms with Gasteiger partial charge in [0.15, 0.2) is 5.82 Å². The molecule has 1 fully saturated rings. The lowest BCUT2D eigenvalue weighted by atomic mass is 9.74. The van der Waals surface area contributed by atoms with E-state index < -0.39 is 0 Å². The number of nitrogens with zero attached hydrogens (tertiary/aromatic N) is 2. The van der Waals surface area contributed by atoms with Crippen LogP contribution in [0.3, 0.4) is 0 Å². The molecule has 16 heavy (non-hydrogen) atoms. The second-order valence-electron chi connectivity index (χ2n) is 4.61. The van der Waals surface area contributed by atoms with Crippen LogP contribution in [-0.4, -0.2) is 28.4 Å². The first-order valence-corrected chi connectivity index (χ1v) is 5.92. The highest BCUT2D eigenvalue weighted by Gasteiger charge is 2.39. The number of nitrogens with one attached hydrogen (secondary N) is 1. The molecular weight excluding hydrogens is 202 g/mol. The van der Waals surface area contributed by atoms with Crippen LogP contribution in [-0.2, 0) is 7.05 Å². The number of carbonyl (C=O) groups is 1. The first kappa shape index (κ1) is 11.3. The van der Waals surface area contributed by atoms with Gasteiger partial charge in [0.2, 0.25) is 5.78 Å². The van der Waals surface area contributed by atoms with E-state index in [1.165, 1.54) is 0 Å². The van der Waals surface area contributed by atoms with E-state index >= 15 is 0 Å². The lowest BCUT2D eigenvalue weighted by molar-refractivity contribution is 0.0715. The Morgan fingerprint density at radius 2 is 2.50 bits per heavy atom. The Labute approximate surface area is 96.1 Å². The van der Waals surface area contributed by atoms with Gasteiger partial charge in [-0.05, 0) is 25.8 Å². The minimum Gasteiger partial charge on any atom is -0.332 e. The maximum Gasteiger partial charge on any atom is 0.205 e. The molecule has 0 aromatic carbocycles. The van der Waals surface area contributed by atoms with E-state index in [-0.39, 0.29) is 11.2 Å². The van der Waals surface area contributed by atoms with Gasteiger partial charge in [0, 0.05) is 31.4 Å². The maximum absolute atomic E-state index is 12.5. The van der Waals surface area contributed by atoms with E-state index in [0.29, 0.717) is 5.82 Å². The van der Waals surface area contributed by atoms with E-state index in [1.807, 2.05) is 17.8 Å². The Kier molecular flexibility index (Phi) is 3.10. The molecule has 1 atom stereocenters. The normalized spacial score (nSPS) is 25.6. The van der Waals surface area contributed by atoms with Crippen molar-refractivity contribution in [2.24, 2.45) is 12.5 Å². The van der Waals surface area contributed by atoms with E-state index in [2.05, 4.69) is 17.2 Å². The zero-order chi connectivity index (χ0) is 11.6. The molecule has 2 heterocycles. The van der Waals surface area contributed by atoms with Crippen LogP contribution in [0.1, 0.15) is 36.8 Å². The van der Waals surface area contributed by atoms with E-state index in [9.17, 15) is 4.79 Å². The molecule has 0 amide bonds. The molecule has 4 heteroatoms. The molecule has 1 aliphatic rings. The Balaban J connectivity index is 2.28. The van der Waals surface area contributed by atoms with Crippen molar-refractivity contribution >= 4 is 5.78 Å². The molecule has 0 saturated carbocycles. The summed E-state index contributed by atoms with van der Waals surface area (Å²) in [6, 6.07) is 0. The van der Waals surface area contributed by atoms with Crippen LogP contribution in [0.25, 0.3) is 0 Å². The predicted molar refractivity (Wildman–Crippen MR) is 62.4 cm³/mol. The Hall–Kier alpha value is -1.16. The molecule has 1 saturated heterocycles. The first-order valence-electron chi connectivity index (χ1n) is 5.92. The van der Waals surface area contributed by atoms with Gasteiger partial charge in [-0.15, -0.1) is 0 Å². The van der Waals surface area contributed by atoms with Crippen LogP contribution >= 0.6 is 0 Å². The Morgan fingerprint density at radius 1 is 1.69 bits per heavy atom. The van der Waals surface area contributed by atoms with E-state index in [4.69, 9.17) is 0 Å². The van der Waals surface area contributed by atoms with Gasteiger partial charge < -0.3 is 9.88 Å². The van der Waals surface area contributed by atoms with Crippen molar-refractivity contribution in [1.29, 1.82) is 0 Å². The number of carbonyl (C=O) groups excluding carboxylic acids is 1. The van der Waals surface area contributed by atoms with Crippen LogP contribution < -0.4 is 5.32 Å². The fraction of sp³-hybridized carbons (Fsp3) is 0.667. The highest BCUT2D eigenvalue weighted by molar-refractivity contribution is 5.97. The molecule has 0 radical (unpaired) electrons. The number of Topliss-reactive ketones (excluding diaryl/α,β-unsaturated/α-hetero) is 1. The summed E-state index contributed by atoms with van der Waals surface area (Å²) in [5.74, 6) is 0.778. The number of imidazole rings is 1. The van der Waals surface area contributed by atoms with Crippen molar-refractivity contribution in [3.8, 4) is 0 Å². The Morgan fingerprint density at radius 3 is 3.00 bits per heavy atom. The van der Waals surface area contributed by atoms with Crippen molar-refractivity contribution in [3.05, 3.63) is 18.2 Å². The summed E-state index contributed by atoms with van der Waals surface area (Å²) < 4.78 is 1.81. The SMILES string of the molecule is CCC1(C(=O)c2nccn2C)CCCNC1. The molecule has 0 aliphatic carbocycles. The number of hydrogen-bond donors (Lipinski definition) is 1. The summed E-state index contributed by atoms with van der Waals surface area (Å²) in [7, 11) is 1.87. The molecule has 88 valence electrons. The lowest BCUT2D eigenvalue weighted by Gasteiger charge is -2.35. The molecule has 0 bridgehead atoms. The van der Waals surface area contributed by atoms with Gasteiger partial charge in [-0.2, -0.15) is 0 Å². The summed E-state index contributed by atoms with van der Waals surface area (Å²) in [5, 5.41) is 3.33. The third-order valence-corrected chi connectivity index (χ3v) is 3.65. The molecule has 4 nitrogen and oxygen atoms in total. The average Bonchev–Trinajstić information content (AvgIpc) is 2.75. The van der Waals surface area contributed by atoms with Crippen molar-refractivity contribution in [2.75, 3.05) is 13.1 Å². The van der Waals surface area contributed by atoms with Crippen LogP contribution in [0, 0.1) is 5.41 Å². The molecule has 1 aliphatic heterocycles. The molecule has 1 aromatic rings. The molecule has 1 N–H and O–H groups in total. The summed E-state index contributed by atoms with van der Waals surface area (Å²) in [6.45, 7) is 3.90. The third-order valence-electron chi connectivity index (χ3n) is 3.65. The summed E-state index contributed by atoms with van der Waals surface area (Å²) in [4.78, 5) is 16.7. The minimum absolute atomic E-state index is 0.190. The number of aryl methyl sites for hydroxylation is 1. The number of aromatic nitrogens is 2. The summed E-state index contributed by atoms with van der Waals surface area (Å²) in [6.07, 6.45) is 6.44. The fourth-order valence-electron chi connectivity index (χ4n) is 2.45. The second kappa shape index (κ2) is 4.37. The van der Waals surface area contributed by atoms with E-state index in [1.54, 1.807) is 6.20 Å². The monoisotopic (exact) mass is 221 g/mol. The number of piperidine rings is 1. The van der Waals surface area contributed by atoms with Gasteiger partial charge in [0.05, 0.1) is 0 Å². The largest absolute Gasteiger partial charge is 0.332 e. The van der Waals surface area contributed by atoms with Crippen molar-refractivity contribution in [3.63, 3.8) is 0 Å². The van der Waals surface area contributed by atoms with Crippen LogP contribution in [0.2, 0.25) is 0 Å². The smallest absolute Gasteiger partial charge is 0.205 e. The van der Waals surface area contributed by atoms with Crippen molar-refractivity contribution in [1.82, 2.24) is 14.9 Å². The van der Waals surface area contributed by atoms with Crippen LogP contribution in [0.5, 0.6) is 0 Å². The quantitative estimate of drug-likeness (QED) is 0.784. The fourth-order valence-corrected chi connectivity index (χ4v) is 2.45. The highest BCUT2D eigenvalue weighted by Crippen LogP contribution is 2.33. The van der Waals surface area contributed by atoms with Crippen LogP contribution in [0.15, 0.2) is 12.4 Å². The number of rotatable bonds is 3. The van der Waals surface area contributed by atoms with Gasteiger partial charge in [-0.1, -0.05) is 6.92 Å². The topological polar surface area (TPSA) is 46.9 Å². The Bertz CT molecular complexity index is 377. The minimum atomic E-state index is -0.239. The van der Waals surface area contributed by atoms with Gasteiger partial charge >= 0.3 is 0 Å². The molecule has 1 unspecified atom stereocenters. The average molecular weight is 221 g/mol. The summed E-state index contributed by atoms with van der Waals surface area (Å²) in [5.41, 5.74) is -0.239. The van der Waals surface area contributed by atoms with Gasteiger partial charge in [0.1, 0.15) is 0 Å². The van der Waals surface area contributed by atoms with Gasteiger partial charge in [-0.3, -0.25) is 4.79 Å². The molecule has 2 rings (SSSR count). The first-order chi connectivity index (χ1) is 7.69. The van der Waals surface area contributed by atoms with Gasteiger partial charge in [-0.25, -0.2) is 4.98 Å². The summed E-state index contributed by atoms with van der Waals surface area (Å²) >= 11 is 0. The highest BCUT2D eigenvalue weighted by atomic mass is 16.1. The molecular formula is C12H19N3O. The third kappa shape index (κ3) is 1.78. The zero-order valence-corrected chi connectivity index (χ0v) is 9.99. The van der Waals surface area contributed by atoms with Crippen molar-refractivity contribution in [2.45, 2.75) is 26.2 Å². The lowest BCUT2D eigenvalue weighted by Crippen LogP contribution is -2.45. The standard InChI is InChI=1S/C12H19N3O/c1-3-12(5-4-6-13-9-12)10(16)11-14-7-8-15(11)2/h7-8,13H,3-6,9H2,1-2H3. The van der Waals surface area contributed by atoms with Crippen molar-refractivity contribution < 1.29 is 4.79 Å². The predicted octanol–water partition coefficient (Wildman–Crippen LogP) is 1.38.